The predicted molar refractivity (Wildman–Crippen MR) is 261 cm³/mol. The van der Waals surface area contributed by atoms with Crippen molar-refractivity contribution in [2.45, 2.75) is 38.0 Å². The molecule has 0 fully saturated rings. The van der Waals surface area contributed by atoms with Crippen LogP contribution in [-0.4, -0.2) is 8.07 Å². The van der Waals surface area contributed by atoms with E-state index in [-0.39, 0.29) is 5.04 Å². The highest BCUT2D eigenvalue weighted by Gasteiger charge is 2.37. The van der Waals surface area contributed by atoms with E-state index in [4.69, 9.17) is 4.42 Å². The summed E-state index contributed by atoms with van der Waals surface area (Å²) in [6.45, 7) is 9.85. The van der Waals surface area contributed by atoms with Crippen LogP contribution in [0, 0.1) is 0 Å². The molecule has 60 heavy (non-hydrogen) atoms. The summed E-state index contributed by atoms with van der Waals surface area (Å²) < 4.78 is 7.05. The standard InChI is InChI=1S/C56H46N2OSi/c1-56(60(2,3)4)33-31-42(32-34-56)57(40-16-7-5-8-17-40)45-27-30-51-53(37-45)59-55-50-29-26-44(36-52(50)48-21-13-14-22-49(48)54(51)55)58(41-18-9-6-10-19-41)43-25-28-47-39(35-43)24-23-38-15-11-12-20-46(38)47/h5-33,35-37H,34H2,1-4H3. The fourth-order valence-corrected chi connectivity index (χ4v) is 10.6. The maximum absolute atomic E-state index is 7.05. The fraction of sp³-hybridized carbons (Fsp3) is 0.107. The number of allylic oxidation sites excluding steroid dienone is 3. The lowest BCUT2D eigenvalue weighted by atomic mass is 9.96. The molecule has 1 aliphatic carbocycles. The van der Waals surface area contributed by atoms with Crippen LogP contribution in [0.25, 0.3) is 65.0 Å². The van der Waals surface area contributed by atoms with Crippen LogP contribution in [0.3, 0.4) is 0 Å². The van der Waals surface area contributed by atoms with Crippen molar-refractivity contribution in [1.82, 2.24) is 0 Å². The Kier molecular flexibility index (Phi) is 8.37. The third-order valence-corrected chi connectivity index (χ3v) is 17.1. The number of furan rings is 1. The number of para-hydroxylation sites is 2. The minimum atomic E-state index is -1.43. The SMILES string of the molecule is CC1([Si](C)(C)C)C=CC(N(c2ccccc2)c2ccc3c(c2)oc2c4ccc(N(c5ccccc5)c5ccc6c(ccc7ccccc76)c5)cc4c4ccccc4c32)=CC1. The van der Waals surface area contributed by atoms with Gasteiger partial charge in [0.25, 0.3) is 0 Å². The minimum absolute atomic E-state index is 0.215. The third-order valence-electron chi connectivity index (χ3n) is 13.3. The molecule has 1 aromatic heterocycles. The molecule has 4 heteroatoms. The van der Waals surface area contributed by atoms with E-state index in [2.05, 4.69) is 231 Å². The number of benzene rings is 9. The Labute approximate surface area is 352 Å². The lowest BCUT2D eigenvalue weighted by molar-refractivity contribution is 0.673. The number of anilines is 5. The summed E-state index contributed by atoms with van der Waals surface area (Å²) in [5.74, 6) is 0. The van der Waals surface area contributed by atoms with Gasteiger partial charge in [-0.1, -0.05) is 142 Å². The van der Waals surface area contributed by atoms with Gasteiger partial charge in [0.1, 0.15) is 11.2 Å². The van der Waals surface area contributed by atoms with Crippen molar-refractivity contribution < 1.29 is 4.42 Å². The number of hydrogen-bond acceptors (Lipinski definition) is 3. The first-order chi connectivity index (χ1) is 29.2. The zero-order valence-electron chi connectivity index (χ0n) is 34.5. The smallest absolute Gasteiger partial charge is 0.143 e. The quantitative estimate of drug-likeness (QED) is 0.118. The molecule has 10 aromatic rings. The highest BCUT2D eigenvalue weighted by Crippen LogP contribution is 2.49. The number of nitrogens with zero attached hydrogens (tertiary/aromatic N) is 2. The second-order valence-electron chi connectivity index (χ2n) is 17.6. The van der Waals surface area contributed by atoms with Gasteiger partial charge in [-0.25, -0.2) is 0 Å². The van der Waals surface area contributed by atoms with E-state index in [0.717, 1.165) is 67.6 Å². The molecule has 1 atom stereocenters. The monoisotopic (exact) mass is 790 g/mol. The summed E-state index contributed by atoms with van der Waals surface area (Å²) in [5.41, 5.74) is 8.51. The Morgan fingerprint density at radius 3 is 1.73 bits per heavy atom. The van der Waals surface area contributed by atoms with Gasteiger partial charge in [-0.3, -0.25) is 0 Å². The van der Waals surface area contributed by atoms with Crippen molar-refractivity contribution in [3.05, 3.63) is 200 Å². The van der Waals surface area contributed by atoms with E-state index < -0.39 is 8.07 Å². The Hall–Kier alpha value is -6.88. The van der Waals surface area contributed by atoms with Gasteiger partial charge >= 0.3 is 0 Å². The van der Waals surface area contributed by atoms with Gasteiger partial charge in [0.15, 0.2) is 0 Å². The second-order valence-corrected chi connectivity index (χ2v) is 23.3. The van der Waals surface area contributed by atoms with Gasteiger partial charge in [0.2, 0.25) is 0 Å². The van der Waals surface area contributed by atoms with Crippen molar-refractivity contribution in [3.8, 4) is 0 Å². The first kappa shape index (κ1) is 36.2. The summed E-state index contributed by atoms with van der Waals surface area (Å²) in [6, 6.07) is 63.8. The molecule has 3 nitrogen and oxygen atoms in total. The number of rotatable bonds is 7. The number of fused-ring (bicyclic) bond motifs is 11. The largest absolute Gasteiger partial charge is 0.455 e. The van der Waals surface area contributed by atoms with E-state index in [1.54, 1.807) is 0 Å². The maximum atomic E-state index is 7.05. The molecule has 0 amide bonds. The van der Waals surface area contributed by atoms with Crippen molar-refractivity contribution in [2.75, 3.05) is 9.80 Å². The predicted octanol–water partition coefficient (Wildman–Crippen LogP) is 16.7. The number of hydrogen-bond donors (Lipinski definition) is 0. The zero-order chi connectivity index (χ0) is 40.6. The summed E-state index contributed by atoms with van der Waals surface area (Å²) in [6.07, 6.45) is 8.28. The molecule has 0 saturated carbocycles. The van der Waals surface area contributed by atoms with Crippen molar-refractivity contribution in [3.63, 3.8) is 0 Å². The van der Waals surface area contributed by atoms with E-state index in [0.29, 0.717) is 0 Å². The summed E-state index contributed by atoms with van der Waals surface area (Å²) in [4.78, 5) is 4.75. The Bertz CT molecular complexity index is 3360. The third kappa shape index (κ3) is 5.85. The van der Waals surface area contributed by atoms with Crippen LogP contribution in [-0.2, 0) is 0 Å². The first-order valence-corrected chi connectivity index (χ1v) is 24.6. The van der Waals surface area contributed by atoms with Crippen molar-refractivity contribution >= 4 is 102 Å². The van der Waals surface area contributed by atoms with Gasteiger partial charge < -0.3 is 14.2 Å². The van der Waals surface area contributed by atoms with Gasteiger partial charge in [-0.15, -0.1) is 0 Å². The molecule has 0 radical (unpaired) electrons. The van der Waals surface area contributed by atoms with Gasteiger partial charge in [0.05, 0.1) is 8.07 Å². The van der Waals surface area contributed by atoms with Crippen LogP contribution >= 0.6 is 0 Å². The first-order valence-electron chi connectivity index (χ1n) is 21.1. The van der Waals surface area contributed by atoms with Crippen LogP contribution in [0.15, 0.2) is 204 Å². The highest BCUT2D eigenvalue weighted by atomic mass is 28.3. The molecule has 0 N–H and O–H groups in total. The molecule has 0 saturated heterocycles. The molecule has 11 rings (SSSR count). The highest BCUT2D eigenvalue weighted by molar-refractivity contribution is 6.79. The average Bonchev–Trinajstić information content (AvgIpc) is 3.67. The normalized spacial score (nSPS) is 15.7. The Morgan fingerprint density at radius 1 is 0.467 bits per heavy atom. The lowest BCUT2D eigenvalue weighted by Crippen LogP contribution is -2.37. The molecule has 0 aliphatic heterocycles. The molecule has 0 bridgehead atoms. The Balaban J connectivity index is 1.07. The van der Waals surface area contributed by atoms with Crippen LogP contribution < -0.4 is 9.80 Å². The maximum Gasteiger partial charge on any atom is 0.143 e. The summed E-state index contributed by atoms with van der Waals surface area (Å²) in [7, 11) is -1.43. The lowest BCUT2D eigenvalue weighted by Gasteiger charge is -2.40. The second kappa shape index (κ2) is 13.9. The van der Waals surface area contributed by atoms with Gasteiger partial charge in [-0.05, 0) is 122 Å². The van der Waals surface area contributed by atoms with E-state index in [1.165, 1.54) is 38.0 Å². The van der Waals surface area contributed by atoms with Gasteiger partial charge in [0, 0.05) is 56.4 Å². The van der Waals surface area contributed by atoms with Crippen molar-refractivity contribution in [1.29, 1.82) is 0 Å². The van der Waals surface area contributed by atoms with E-state index in [9.17, 15) is 0 Å². The Morgan fingerprint density at radius 2 is 1.03 bits per heavy atom. The van der Waals surface area contributed by atoms with Crippen LogP contribution in [0.2, 0.25) is 24.7 Å². The van der Waals surface area contributed by atoms with Crippen LogP contribution in [0.4, 0.5) is 28.4 Å². The van der Waals surface area contributed by atoms with Gasteiger partial charge in [-0.2, -0.15) is 0 Å². The van der Waals surface area contributed by atoms with E-state index >= 15 is 0 Å². The zero-order valence-corrected chi connectivity index (χ0v) is 35.5. The summed E-state index contributed by atoms with van der Waals surface area (Å²) in [5, 5.41) is 12.2. The minimum Gasteiger partial charge on any atom is -0.455 e. The molecular weight excluding hydrogens is 745 g/mol. The molecule has 1 aliphatic rings. The van der Waals surface area contributed by atoms with Crippen LogP contribution in [0.1, 0.15) is 13.3 Å². The summed E-state index contributed by atoms with van der Waals surface area (Å²) >= 11 is 0. The fourth-order valence-electron chi connectivity index (χ4n) is 9.34. The molecule has 290 valence electrons. The van der Waals surface area contributed by atoms with E-state index in [1.807, 2.05) is 0 Å². The topological polar surface area (TPSA) is 19.6 Å². The average molecular weight is 791 g/mol. The van der Waals surface area contributed by atoms with Crippen LogP contribution in [0.5, 0.6) is 0 Å². The molecular formula is C56H46N2OSi. The molecule has 9 aromatic carbocycles. The van der Waals surface area contributed by atoms with Crippen molar-refractivity contribution in [2.24, 2.45) is 0 Å². The molecule has 0 spiro atoms. The molecule has 1 heterocycles. The molecule has 1 unspecified atom stereocenters.